The maximum Gasteiger partial charge on any atom is 0.407 e. The van der Waals surface area contributed by atoms with E-state index in [0.29, 0.717) is 44.2 Å². The molecule has 1 heterocycles. The summed E-state index contributed by atoms with van der Waals surface area (Å²) in [6, 6.07) is 0.419. The van der Waals surface area contributed by atoms with E-state index in [9.17, 15) is 9.90 Å². The summed E-state index contributed by atoms with van der Waals surface area (Å²) in [4.78, 5) is 12.0. The van der Waals surface area contributed by atoms with Crippen LogP contribution in [0.25, 0.3) is 0 Å². The molecular weight excluding hydrogens is 312 g/mol. The Labute approximate surface area is 144 Å². The average molecular weight is 344 g/mol. The minimum atomic E-state index is -0.505. The molecule has 1 aliphatic carbocycles. The van der Waals surface area contributed by atoms with E-state index in [0.717, 1.165) is 12.8 Å². The first-order chi connectivity index (χ1) is 11.3. The molecule has 1 aliphatic heterocycles. The van der Waals surface area contributed by atoms with Crippen molar-refractivity contribution < 1.29 is 24.1 Å². The normalized spacial score (nSPS) is 31.4. The third-order valence-electron chi connectivity index (χ3n) is 4.52. The zero-order chi connectivity index (χ0) is 17.7. The van der Waals surface area contributed by atoms with Crippen LogP contribution in [-0.4, -0.2) is 68.5 Å². The monoisotopic (exact) mass is 344 g/mol. The Morgan fingerprint density at radius 3 is 2.46 bits per heavy atom. The molecule has 0 aromatic rings. The Morgan fingerprint density at radius 2 is 1.92 bits per heavy atom. The van der Waals surface area contributed by atoms with E-state index in [-0.39, 0.29) is 12.1 Å². The van der Waals surface area contributed by atoms with Crippen molar-refractivity contribution >= 4 is 6.09 Å². The van der Waals surface area contributed by atoms with Crippen molar-refractivity contribution in [1.82, 2.24) is 10.6 Å². The standard InChI is InChI=1S/C17H32N2O5/c1-17(2,3)24-16(21)19-13-5-11-8-23-9-12(6-13)15(11)18-7-14(20)10-22-4/h11-15,18,20H,5-10H2,1-4H3,(H,19,21)/t11-,12+,13?,14?,15?. The molecule has 1 saturated carbocycles. The second-order valence-electron chi connectivity index (χ2n) is 7.92. The van der Waals surface area contributed by atoms with Crippen LogP contribution in [0.1, 0.15) is 33.6 Å². The Hall–Kier alpha value is -0.890. The number of carbonyl (C=O) groups excluding carboxylic acids is 1. The highest BCUT2D eigenvalue weighted by molar-refractivity contribution is 5.68. The van der Waals surface area contributed by atoms with E-state index in [1.165, 1.54) is 0 Å². The zero-order valence-electron chi connectivity index (χ0n) is 15.2. The lowest BCUT2D eigenvalue weighted by Gasteiger charge is -2.46. The van der Waals surface area contributed by atoms with E-state index in [1.807, 2.05) is 20.8 Å². The lowest BCUT2D eigenvalue weighted by atomic mass is 9.73. The molecule has 140 valence electrons. The van der Waals surface area contributed by atoms with Crippen molar-refractivity contribution in [1.29, 1.82) is 0 Å². The molecule has 1 saturated heterocycles. The van der Waals surface area contributed by atoms with Crippen molar-refractivity contribution in [3.8, 4) is 0 Å². The van der Waals surface area contributed by atoms with Gasteiger partial charge in [0.15, 0.2) is 0 Å². The van der Waals surface area contributed by atoms with Crippen molar-refractivity contribution in [3.63, 3.8) is 0 Å². The van der Waals surface area contributed by atoms with E-state index >= 15 is 0 Å². The molecule has 0 radical (unpaired) electrons. The molecule has 0 aromatic heterocycles. The van der Waals surface area contributed by atoms with Gasteiger partial charge in [-0.05, 0) is 45.4 Å². The maximum absolute atomic E-state index is 12.0. The lowest BCUT2D eigenvalue weighted by Crippen LogP contribution is -2.58. The molecule has 5 atom stereocenters. The second kappa shape index (κ2) is 8.47. The molecule has 3 N–H and O–H groups in total. The van der Waals surface area contributed by atoms with Crippen molar-refractivity contribution in [2.45, 2.75) is 57.4 Å². The molecule has 7 heteroatoms. The van der Waals surface area contributed by atoms with Gasteiger partial charge in [0.2, 0.25) is 0 Å². The highest BCUT2D eigenvalue weighted by atomic mass is 16.6. The lowest BCUT2D eigenvalue weighted by molar-refractivity contribution is -0.0497. The quantitative estimate of drug-likeness (QED) is 0.663. The molecular formula is C17H32N2O5. The fraction of sp³-hybridized carbons (Fsp3) is 0.941. The molecule has 2 bridgehead atoms. The average Bonchev–Trinajstić information content (AvgIpc) is 2.43. The topological polar surface area (TPSA) is 89.0 Å². The molecule has 1 amide bonds. The molecule has 0 aromatic carbocycles. The van der Waals surface area contributed by atoms with Crippen LogP contribution in [0.4, 0.5) is 4.79 Å². The number of carbonyl (C=O) groups is 1. The molecule has 0 spiro atoms. The van der Waals surface area contributed by atoms with Gasteiger partial charge in [0.05, 0.1) is 25.9 Å². The smallest absolute Gasteiger partial charge is 0.407 e. The van der Waals surface area contributed by atoms with Crippen LogP contribution in [-0.2, 0) is 14.2 Å². The first-order valence-electron chi connectivity index (χ1n) is 8.76. The Kier molecular flexibility index (Phi) is 6.86. The highest BCUT2D eigenvalue weighted by Gasteiger charge is 2.41. The van der Waals surface area contributed by atoms with Gasteiger partial charge in [-0.2, -0.15) is 0 Å². The van der Waals surface area contributed by atoms with Gasteiger partial charge in [0, 0.05) is 25.7 Å². The zero-order valence-corrected chi connectivity index (χ0v) is 15.2. The van der Waals surface area contributed by atoms with Crippen LogP contribution >= 0.6 is 0 Å². The number of aliphatic hydroxyl groups is 1. The number of fused-ring (bicyclic) bond motifs is 2. The van der Waals surface area contributed by atoms with Gasteiger partial charge in [-0.25, -0.2) is 4.79 Å². The molecule has 2 aliphatic rings. The van der Waals surface area contributed by atoms with Gasteiger partial charge in [-0.1, -0.05) is 0 Å². The van der Waals surface area contributed by atoms with Gasteiger partial charge < -0.3 is 30.0 Å². The number of amides is 1. The van der Waals surface area contributed by atoms with Gasteiger partial charge in [0.1, 0.15) is 5.60 Å². The van der Waals surface area contributed by atoms with E-state index in [1.54, 1.807) is 7.11 Å². The fourth-order valence-electron chi connectivity index (χ4n) is 3.67. The van der Waals surface area contributed by atoms with Gasteiger partial charge in [-0.15, -0.1) is 0 Å². The summed E-state index contributed by atoms with van der Waals surface area (Å²) in [6.07, 6.45) is 0.851. The first-order valence-corrected chi connectivity index (χ1v) is 8.76. The predicted octanol–water partition coefficient (Wildman–Crippen LogP) is 0.902. The second-order valence-corrected chi connectivity index (χ2v) is 7.92. The van der Waals surface area contributed by atoms with E-state index in [4.69, 9.17) is 14.2 Å². The summed E-state index contributed by atoms with van der Waals surface area (Å²) in [5.74, 6) is 0.652. The third kappa shape index (κ3) is 5.88. The summed E-state index contributed by atoms with van der Waals surface area (Å²) in [6.45, 7) is 7.79. The molecule has 3 unspecified atom stereocenters. The van der Waals surface area contributed by atoms with Gasteiger partial charge in [-0.3, -0.25) is 0 Å². The van der Waals surface area contributed by atoms with Crippen LogP contribution in [0.15, 0.2) is 0 Å². The maximum atomic E-state index is 12.0. The highest BCUT2D eigenvalue weighted by Crippen LogP contribution is 2.34. The van der Waals surface area contributed by atoms with Gasteiger partial charge >= 0.3 is 6.09 Å². The van der Waals surface area contributed by atoms with Crippen molar-refractivity contribution in [2.75, 3.05) is 33.5 Å². The molecule has 2 rings (SSSR count). The minimum Gasteiger partial charge on any atom is -0.444 e. The Bertz CT molecular complexity index is 398. The number of hydrogen-bond acceptors (Lipinski definition) is 6. The van der Waals surface area contributed by atoms with Crippen LogP contribution < -0.4 is 10.6 Å². The van der Waals surface area contributed by atoms with E-state index in [2.05, 4.69) is 10.6 Å². The number of nitrogens with one attached hydrogen (secondary N) is 2. The molecule has 7 nitrogen and oxygen atoms in total. The van der Waals surface area contributed by atoms with Crippen LogP contribution in [0.3, 0.4) is 0 Å². The number of rotatable bonds is 6. The van der Waals surface area contributed by atoms with E-state index < -0.39 is 11.7 Å². The summed E-state index contributed by atoms with van der Waals surface area (Å²) in [5.41, 5.74) is -0.487. The summed E-state index contributed by atoms with van der Waals surface area (Å²) >= 11 is 0. The number of methoxy groups -OCH3 is 1. The first kappa shape index (κ1) is 19.4. The van der Waals surface area contributed by atoms with Crippen molar-refractivity contribution in [3.05, 3.63) is 0 Å². The Morgan fingerprint density at radius 1 is 1.29 bits per heavy atom. The predicted molar refractivity (Wildman–Crippen MR) is 89.9 cm³/mol. The number of aliphatic hydroxyl groups excluding tert-OH is 1. The summed E-state index contributed by atoms with van der Waals surface area (Å²) in [7, 11) is 1.58. The number of hydrogen-bond donors (Lipinski definition) is 3. The molecule has 24 heavy (non-hydrogen) atoms. The van der Waals surface area contributed by atoms with Crippen LogP contribution in [0.5, 0.6) is 0 Å². The van der Waals surface area contributed by atoms with Crippen LogP contribution in [0.2, 0.25) is 0 Å². The van der Waals surface area contributed by atoms with Crippen LogP contribution in [0, 0.1) is 11.8 Å². The largest absolute Gasteiger partial charge is 0.444 e. The number of alkyl carbamates (subject to hydrolysis) is 1. The number of ether oxygens (including phenoxy) is 3. The summed E-state index contributed by atoms with van der Waals surface area (Å²) in [5, 5.41) is 16.3. The fourth-order valence-corrected chi connectivity index (χ4v) is 3.67. The summed E-state index contributed by atoms with van der Waals surface area (Å²) < 4.78 is 16.0. The third-order valence-corrected chi connectivity index (χ3v) is 4.52. The Balaban J connectivity index is 1.85. The minimum absolute atomic E-state index is 0.112. The SMILES string of the molecule is COCC(O)CNC1[C@@H]2COC[C@H]1CC(NC(=O)OC(C)(C)C)C2. The van der Waals surface area contributed by atoms with Crippen molar-refractivity contribution in [2.24, 2.45) is 11.8 Å². The van der Waals surface area contributed by atoms with Gasteiger partial charge in [0.25, 0.3) is 0 Å². The molecule has 2 fully saturated rings.